The van der Waals surface area contributed by atoms with Gasteiger partial charge in [-0.05, 0) is 18.6 Å². The van der Waals surface area contributed by atoms with Crippen molar-refractivity contribution in [1.29, 1.82) is 0 Å². The predicted molar refractivity (Wildman–Crippen MR) is 57.7 cm³/mol. The zero-order valence-electron chi connectivity index (χ0n) is 8.78. The molecule has 1 aromatic heterocycles. The highest BCUT2D eigenvalue weighted by Gasteiger charge is 2.24. The molecule has 0 radical (unpaired) electrons. The van der Waals surface area contributed by atoms with Crippen LogP contribution in [0.5, 0.6) is 0 Å². The first-order valence-electron chi connectivity index (χ1n) is 4.73. The van der Waals surface area contributed by atoms with Crippen LogP contribution in [-0.2, 0) is 14.8 Å². The number of nitrogens with zero attached hydrogens (tertiary/aromatic N) is 1. The number of carboxylic acids is 1. The number of nitrogens with one attached hydrogen (secondary N) is 1. The van der Waals surface area contributed by atoms with E-state index < -0.39 is 28.6 Å². The van der Waals surface area contributed by atoms with E-state index in [-0.39, 0.29) is 11.3 Å². The number of aliphatic hydroxyl groups is 1. The van der Waals surface area contributed by atoms with Gasteiger partial charge in [0.15, 0.2) is 0 Å². The van der Waals surface area contributed by atoms with Gasteiger partial charge in [0, 0.05) is 19.0 Å². The Morgan fingerprint density at radius 1 is 1.53 bits per heavy atom. The summed E-state index contributed by atoms with van der Waals surface area (Å²) in [6.45, 7) is -0.424. The molecule has 0 saturated heterocycles. The van der Waals surface area contributed by atoms with E-state index in [0.29, 0.717) is 0 Å². The third kappa shape index (κ3) is 3.77. The van der Waals surface area contributed by atoms with Crippen LogP contribution in [0.1, 0.15) is 6.42 Å². The standard InChI is InChI=1S/C9H12N2O5S/c12-5-3-8(9(13)14)11-17(15,16)7-2-1-4-10-6-7/h1-2,4,6,8,11-12H,3,5H2,(H,13,14)/t8-/m1/s1. The highest BCUT2D eigenvalue weighted by atomic mass is 32.2. The van der Waals surface area contributed by atoms with Crippen LogP contribution in [0.3, 0.4) is 0 Å². The summed E-state index contributed by atoms with van der Waals surface area (Å²) < 4.78 is 25.4. The molecule has 0 aromatic carbocycles. The second-order valence-electron chi connectivity index (χ2n) is 3.21. The Labute approximate surface area is 98.2 Å². The monoisotopic (exact) mass is 260 g/mol. The Kier molecular flexibility index (Phi) is 4.55. The maximum Gasteiger partial charge on any atom is 0.321 e. The summed E-state index contributed by atoms with van der Waals surface area (Å²) in [4.78, 5) is 14.3. The lowest BCUT2D eigenvalue weighted by Crippen LogP contribution is -2.41. The van der Waals surface area contributed by atoms with E-state index in [4.69, 9.17) is 10.2 Å². The van der Waals surface area contributed by atoms with Crippen molar-refractivity contribution in [1.82, 2.24) is 9.71 Å². The van der Waals surface area contributed by atoms with Crippen molar-refractivity contribution in [2.75, 3.05) is 6.61 Å². The topological polar surface area (TPSA) is 117 Å². The summed E-state index contributed by atoms with van der Waals surface area (Å²) in [5.41, 5.74) is 0. The smallest absolute Gasteiger partial charge is 0.321 e. The minimum absolute atomic E-state index is 0.121. The molecule has 1 atom stereocenters. The molecule has 0 saturated carbocycles. The van der Waals surface area contributed by atoms with E-state index in [9.17, 15) is 13.2 Å². The van der Waals surface area contributed by atoms with Gasteiger partial charge in [-0.1, -0.05) is 0 Å². The average molecular weight is 260 g/mol. The van der Waals surface area contributed by atoms with Crippen molar-refractivity contribution >= 4 is 16.0 Å². The van der Waals surface area contributed by atoms with Crippen molar-refractivity contribution in [3.05, 3.63) is 24.5 Å². The Hall–Kier alpha value is -1.51. The molecular weight excluding hydrogens is 248 g/mol. The van der Waals surface area contributed by atoms with Crippen LogP contribution in [0, 0.1) is 0 Å². The zero-order valence-corrected chi connectivity index (χ0v) is 9.59. The predicted octanol–water partition coefficient (Wildman–Crippen LogP) is -0.804. The number of hydrogen-bond donors (Lipinski definition) is 3. The number of aliphatic hydroxyl groups excluding tert-OH is 1. The van der Waals surface area contributed by atoms with Crippen molar-refractivity contribution in [3.8, 4) is 0 Å². The van der Waals surface area contributed by atoms with E-state index in [0.717, 1.165) is 6.20 Å². The number of aliphatic carboxylic acids is 1. The number of pyridine rings is 1. The van der Waals surface area contributed by atoms with Gasteiger partial charge in [0.2, 0.25) is 10.0 Å². The zero-order chi connectivity index (χ0) is 12.9. The van der Waals surface area contributed by atoms with Gasteiger partial charge in [-0.15, -0.1) is 0 Å². The molecule has 1 aromatic rings. The van der Waals surface area contributed by atoms with Crippen molar-refractivity contribution in [2.24, 2.45) is 0 Å². The van der Waals surface area contributed by atoms with Crippen LogP contribution in [0.4, 0.5) is 0 Å². The molecule has 0 fully saturated rings. The van der Waals surface area contributed by atoms with Crippen LogP contribution < -0.4 is 4.72 Å². The molecular formula is C9H12N2O5S. The van der Waals surface area contributed by atoms with E-state index in [2.05, 4.69) is 4.98 Å². The van der Waals surface area contributed by atoms with Gasteiger partial charge in [0.05, 0.1) is 0 Å². The minimum atomic E-state index is -3.93. The van der Waals surface area contributed by atoms with Crippen LogP contribution in [0.25, 0.3) is 0 Å². The fourth-order valence-corrected chi connectivity index (χ4v) is 2.31. The van der Waals surface area contributed by atoms with E-state index in [1.807, 2.05) is 4.72 Å². The van der Waals surface area contributed by atoms with Crippen molar-refractivity contribution < 1.29 is 23.4 Å². The first kappa shape index (κ1) is 13.6. The molecule has 1 heterocycles. The molecule has 7 nitrogen and oxygen atoms in total. The number of sulfonamides is 1. The normalized spacial score (nSPS) is 13.2. The van der Waals surface area contributed by atoms with Crippen LogP contribution in [-0.4, -0.2) is 42.2 Å². The minimum Gasteiger partial charge on any atom is -0.480 e. The third-order valence-electron chi connectivity index (χ3n) is 1.96. The lowest BCUT2D eigenvalue weighted by Gasteiger charge is -2.13. The summed E-state index contributed by atoms with van der Waals surface area (Å²) in [7, 11) is -3.93. The largest absolute Gasteiger partial charge is 0.480 e. The Morgan fingerprint density at radius 3 is 2.71 bits per heavy atom. The highest BCUT2D eigenvalue weighted by Crippen LogP contribution is 2.07. The van der Waals surface area contributed by atoms with Gasteiger partial charge < -0.3 is 10.2 Å². The molecule has 17 heavy (non-hydrogen) atoms. The summed E-state index contributed by atoms with van der Waals surface area (Å²) in [5.74, 6) is -1.34. The van der Waals surface area contributed by atoms with Gasteiger partial charge >= 0.3 is 5.97 Å². The quantitative estimate of drug-likeness (QED) is 0.616. The SMILES string of the molecule is O=C(O)[C@@H](CCO)NS(=O)(=O)c1cccnc1. The van der Waals surface area contributed by atoms with Gasteiger partial charge in [-0.3, -0.25) is 9.78 Å². The fourth-order valence-electron chi connectivity index (χ4n) is 1.12. The van der Waals surface area contributed by atoms with Crippen LogP contribution in [0.15, 0.2) is 29.4 Å². The van der Waals surface area contributed by atoms with Crippen molar-refractivity contribution in [2.45, 2.75) is 17.4 Å². The highest BCUT2D eigenvalue weighted by molar-refractivity contribution is 7.89. The van der Waals surface area contributed by atoms with E-state index in [1.54, 1.807) is 0 Å². The fraction of sp³-hybridized carbons (Fsp3) is 0.333. The number of carbonyl (C=O) groups is 1. The summed E-state index contributed by atoms with van der Waals surface area (Å²) in [6, 6.07) is 1.37. The summed E-state index contributed by atoms with van der Waals surface area (Å²) in [6.07, 6.45) is 2.32. The van der Waals surface area contributed by atoms with Gasteiger partial charge in [0.1, 0.15) is 10.9 Å². The van der Waals surface area contributed by atoms with E-state index >= 15 is 0 Å². The Morgan fingerprint density at radius 2 is 2.24 bits per heavy atom. The maximum absolute atomic E-state index is 11.7. The number of hydrogen-bond acceptors (Lipinski definition) is 5. The van der Waals surface area contributed by atoms with Crippen LogP contribution in [0.2, 0.25) is 0 Å². The third-order valence-corrected chi connectivity index (χ3v) is 3.41. The van der Waals surface area contributed by atoms with Crippen LogP contribution >= 0.6 is 0 Å². The molecule has 94 valence electrons. The van der Waals surface area contributed by atoms with Gasteiger partial charge in [0.25, 0.3) is 0 Å². The maximum atomic E-state index is 11.7. The number of aromatic nitrogens is 1. The van der Waals surface area contributed by atoms with Crippen molar-refractivity contribution in [3.63, 3.8) is 0 Å². The molecule has 0 bridgehead atoms. The van der Waals surface area contributed by atoms with Gasteiger partial charge in [-0.2, -0.15) is 4.72 Å². The first-order valence-corrected chi connectivity index (χ1v) is 6.21. The second kappa shape index (κ2) is 5.71. The molecule has 0 spiro atoms. The molecule has 0 aliphatic rings. The molecule has 0 aliphatic heterocycles. The van der Waals surface area contributed by atoms with E-state index in [1.165, 1.54) is 18.3 Å². The summed E-state index contributed by atoms with van der Waals surface area (Å²) in [5, 5.41) is 17.4. The molecule has 0 aliphatic carbocycles. The Bertz CT molecular complexity index is 473. The lowest BCUT2D eigenvalue weighted by atomic mass is 10.2. The average Bonchev–Trinajstić information content (AvgIpc) is 2.29. The lowest BCUT2D eigenvalue weighted by molar-refractivity contribution is -0.139. The Balaban J connectivity index is 2.89. The van der Waals surface area contributed by atoms with Gasteiger partial charge in [-0.25, -0.2) is 8.42 Å². The molecule has 3 N–H and O–H groups in total. The molecule has 1 rings (SSSR count). The summed E-state index contributed by atoms with van der Waals surface area (Å²) >= 11 is 0. The molecule has 8 heteroatoms. The second-order valence-corrected chi connectivity index (χ2v) is 4.93. The molecule has 0 unspecified atom stereocenters. The number of carboxylic acid groups (broad SMARTS) is 1. The number of rotatable bonds is 6. The molecule has 0 amide bonds. The first-order chi connectivity index (χ1) is 7.97.